The maximum atomic E-state index is 11.7. The number of carbonyl (C=O) groups excluding carboxylic acids is 1. The first-order valence-electron chi connectivity index (χ1n) is 7.51. The van der Waals surface area contributed by atoms with Crippen LogP contribution < -0.4 is 0 Å². The van der Waals surface area contributed by atoms with Crippen molar-refractivity contribution in [3.8, 4) is 0 Å². The minimum absolute atomic E-state index is 0.0284. The summed E-state index contributed by atoms with van der Waals surface area (Å²) in [6, 6.07) is 0.435. The average Bonchev–Trinajstić information content (AvgIpc) is 2.88. The van der Waals surface area contributed by atoms with Crippen molar-refractivity contribution in [2.45, 2.75) is 46.2 Å². The van der Waals surface area contributed by atoms with Gasteiger partial charge in [-0.1, -0.05) is 0 Å². The Kier molecular flexibility index (Phi) is 5.17. The highest BCUT2D eigenvalue weighted by atomic mass is 16.5. The van der Waals surface area contributed by atoms with Crippen LogP contribution in [0.3, 0.4) is 0 Å². The molecule has 1 aromatic rings. The molecule has 0 amide bonds. The Morgan fingerprint density at radius 3 is 2.75 bits per heavy atom. The van der Waals surface area contributed by atoms with Gasteiger partial charge >= 0.3 is 5.97 Å². The van der Waals surface area contributed by atoms with Gasteiger partial charge in [0.15, 0.2) is 0 Å². The summed E-state index contributed by atoms with van der Waals surface area (Å²) in [7, 11) is 0. The number of aromatic nitrogens is 2. The predicted octanol–water partition coefficient (Wildman–Crippen LogP) is 2.24. The highest BCUT2D eigenvalue weighted by Crippen LogP contribution is 2.21. The molecule has 1 aromatic heterocycles. The Bertz CT molecular complexity index is 434. The van der Waals surface area contributed by atoms with Crippen molar-refractivity contribution < 1.29 is 9.53 Å². The fraction of sp³-hybridized carbons (Fsp3) is 0.733. The molecule has 1 aliphatic rings. The fourth-order valence-corrected chi connectivity index (χ4v) is 2.74. The number of hydrogen-bond donors (Lipinski definition) is 0. The molecule has 0 aromatic carbocycles. The van der Waals surface area contributed by atoms with Crippen LogP contribution in [0.25, 0.3) is 0 Å². The molecule has 0 bridgehead atoms. The van der Waals surface area contributed by atoms with Crippen LogP contribution in [0.15, 0.2) is 12.5 Å². The highest BCUT2D eigenvalue weighted by Gasteiger charge is 2.26. The average molecular weight is 279 g/mol. The Morgan fingerprint density at radius 2 is 2.15 bits per heavy atom. The van der Waals surface area contributed by atoms with E-state index in [9.17, 15) is 4.79 Å². The van der Waals surface area contributed by atoms with Crippen molar-refractivity contribution in [3.05, 3.63) is 18.2 Å². The van der Waals surface area contributed by atoms with E-state index in [1.165, 1.54) is 5.69 Å². The van der Waals surface area contributed by atoms with Crippen LogP contribution in [0, 0.1) is 5.92 Å². The molecule has 0 N–H and O–H groups in total. The zero-order chi connectivity index (χ0) is 14.5. The Morgan fingerprint density at radius 1 is 1.45 bits per heavy atom. The van der Waals surface area contributed by atoms with Gasteiger partial charge in [0, 0.05) is 18.8 Å². The fourth-order valence-electron chi connectivity index (χ4n) is 2.74. The number of esters is 1. The standard InChI is InChI=1S/C15H25N3O2/c1-4-20-15(19)13-5-7-17(8-6-13)10-14-9-16-11-18(14)12(2)3/h9,11-13H,4-8,10H2,1-3H3. The molecule has 5 nitrogen and oxygen atoms in total. The van der Waals surface area contributed by atoms with Crippen LogP contribution in [0.4, 0.5) is 0 Å². The lowest BCUT2D eigenvalue weighted by Gasteiger charge is -2.31. The first-order valence-corrected chi connectivity index (χ1v) is 7.51. The van der Waals surface area contributed by atoms with E-state index in [1.54, 1.807) is 0 Å². The maximum Gasteiger partial charge on any atom is 0.309 e. The normalized spacial score (nSPS) is 17.6. The summed E-state index contributed by atoms with van der Waals surface area (Å²) in [6.45, 7) is 9.48. The lowest BCUT2D eigenvalue weighted by molar-refractivity contribution is -0.149. The van der Waals surface area contributed by atoms with E-state index in [0.29, 0.717) is 12.6 Å². The predicted molar refractivity (Wildman–Crippen MR) is 77.2 cm³/mol. The van der Waals surface area contributed by atoms with Gasteiger partial charge in [0.1, 0.15) is 0 Å². The largest absolute Gasteiger partial charge is 0.466 e. The molecule has 5 heteroatoms. The van der Waals surface area contributed by atoms with Crippen LogP contribution in [0.1, 0.15) is 45.3 Å². The first kappa shape index (κ1) is 15.0. The molecular weight excluding hydrogens is 254 g/mol. The number of piperidine rings is 1. The molecule has 1 fully saturated rings. The SMILES string of the molecule is CCOC(=O)C1CCN(Cc2cncn2C(C)C)CC1. The van der Waals surface area contributed by atoms with Crippen molar-refractivity contribution in [2.24, 2.45) is 5.92 Å². The van der Waals surface area contributed by atoms with Gasteiger partial charge < -0.3 is 9.30 Å². The molecule has 0 aliphatic carbocycles. The Hall–Kier alpha value is -1.36. The second kappa shape index (κ2) is 6.88. The Balaban J connectivity index is 1.85. The highest BCUT2D eigenvalue weighted by molar-refractivity contribution is 5.72. The van der Waals surface area contributed by atoms with Crippen molar-refractivity contribution >= 4 is 5.97 Å². The summed E-state index contributed by atoms with van der Waals surface area (Å²) in [4.78, 5) is 18.3. The molecule has 0 unspecified atom stereocenters. The van der Waals surface area contributed by atoms with Crippen LogP contribution in [0.5, 0.6) is 0 Å². The van der Waals surface area contributed by atoms with Crippen LogP contribution >= 0.6 is 0 Å². The van der Waals surface area contributed by atoms with Crippen molar-refractivity contribution in [1.29, 1.82) is 0 Å². The molecule has 1 aliphatic heterocycles. The number of carbonyl (C=O) groups is 1. The van der Waals surface area contributed by atoms with E-state index >= 15 is 0 Å². The number of nitrogens with zero attached hydrogens (tertiary/aromatic N) is 3. The van der Waals surface area contributed by atoms with E-state index in [4.69, 9.17) is 4.74 Å². The van der Waals surface area contributed by atoms with Gasteiger partial charge in [-0.25, -0.2) is 4.98 Å². The second-order valence-electron chi connectivity index (χ2n) is 5.69. The van der Waals surface area contributed by atoms with Gasteiger partial charge in [-0.3, -0.25) is 9.69 Å². The second-order valence-corrected chi connectivity index (χ2v) is 5.69. The summed E-state index contributed by atoms with van der Waals surface area (Å²) in [5.41, 5.74) is 1.24. The van der Waals surface area contributed by atoms with E-state index in [-0.39, 0.29) is 11.9 Å². The van der Waals surface area contributed by atoms with E-state index in [0.717, 1.165) is 32.5 Å². The minimum atomic E-state index is -0.0284. The third-order valence-corrected chi connectivity index (χ3v) is 3.90. The molecule has 112 valence electrons. The topological polar surface area (TPSA) is 47.4 Å². The van der Waals surface area contributed by atoms with E-state index in [2.05, 4.69) is 28.3 Å². The quantitative estimate of drug-likeness (QED) is 0.776. The molecule has 0 spiro atoms. The molecule has 2 heterocycles. The van der Waals surface area contributed by atoms with Gasteiger partial charge in [-0.2, -0.15) is 0 Å². The zero-order valence-corrected chi connectivity index (χ0v) is 12.7. The monoisotopic (exact) mass is 279 g/mol. The third-order valence-electron chi connectivity index (χ3n) is 3.90. The van der Waals surface area contributed by atoms with Gasteiger partial charge in [0.05, 0.1) is 24.5 Å². The smallest absolute Gasteiger partial charge is 0.309 e. The molecular formula is C15H25N3O2. The maximum absolute atomic E-state index is 11.7. The van der Waals surface area contributed by atoms with E-state index in [1.807, 2.05) is 19.4 Å². The molecule has 0 atom stereocenters. The lowest BCUT2D eigenvalue weighted by Crippen LogP contribution is -2.37. The van der Waals surface area contributed by atoms with Crippen LogP contribution in [-0.4, -0.2) is 40.1 Å². The molecule has 0 radical (unpaired) electrons. The van der Waals surface area contributed by atoms with Gasteiger partial charge in [-0.15, -0.1) is 0 Å². The first-order chi connectivity index (χ1) is 9.61. The number of rotatable bonds is 5. The number of hydrogen-bond acceptors (Lipinski definition) is 4. The van der Waals surface area contributed by atoms with Gasteiger partial charge in [0.25, 0.3) is 0 Å². The number of ether oxygens (including phenoxy) is 1. The summed E-state index contributed by atoms with van der Waals surface area (Å²) >= 11 is 0. The summed E-state index contributed by atoms with van der Waals surface area (Å²) in [5.74, 6) is 0.0561. The summed E-state index contributed by atoms with van der Waals surface area (Å²) < 4.78 is 7.31. The molecule has 1 saturated heterocycles. The minimum Gasteiger partial charge on any atom is -0.466 e. The lowest BCUT2D eigenvalue weighted by atomic mass is 9.97. The van der Waals surface area contributed by atoms with E-state index < -0.39 is 0 Å². The summed E-state index contributed by atoms with van der Waals surface area (Å²) in [6.07, 6.45) is 5.63. The third kappa shape index (κ3) is 3.60. The van der Waals surface area contributed by atoms with Crippen molar-refractivity contribution in [2.75, 3.05) is 19.7 Å². The number of likely N-dealkylation sites (tertiary alicyclic amines) is 1. The number of imidazole rings is 1. The van der Waals surface area contributed by atoms with Gasteiger partial charge in [0.2, 0.25) is 0 Å². The van der Waals surface area contributed by atoms with Crippen molar-refractivity contribution in [1.82, 2.24) is 14.5 Å². The van der Waals surface area contributed by atoms with Crippen LogP contribution in [0.2, 0.25) is 0 Å². The van der Waals surface area contributed by atoms with Crippen molar-refractivity contribution in [3.63, 3.8) is 0 Å². The zero-order valence-electron chi connectivity index (χ0n) is 12.7. The Labute approximate surface area is 120 Å². The molecule has 2 rings (SSSR count). The van der Waals surface area contributed by atoms with Crippen LogP contribution in [-0.2, 0) is 16.1 Å². The van der Waals surface area contributed by atoms with Gasteiger partial charge in [-0.05, 0) is 46.7 Å². The molecule has 20 heavy (non-hydrogen) atoms. The summed E-state index contributed by atoms with van der Waals surface area (Å²) in [5, 5.41) is 0. The molecule has 0 saturated carbocycles.